The first-order valence-corrected chi connectivity index (χ1v) is 7.26. The van der Waals surface area contributed by atoms with Crippen LogP contribution in [0.1, 0.15) is 33.3 Å². The molecule has 0 spiro atoms. The number of fused-ring (bicyclic) bond motifs is 1. The predicted molar refractivity (Wildman–Crippen MR) is 73.3 cm³/mol. The molecule has 2 aromatic rings. The van der Waals surface area contributed by atoms with Crippen molar-refractivity contribution in [2.75, 3.05) is 0 Å². The van der Waals surface area contributed by atoms with E-state index in [1.165, 1.54) is 22.9 Å². The van der Waals surface area contributed by atoms with E-state index in [2.05, 4.69) is 6.07 Å². The molecule has 1 unspecified atom stereocenters. The summed E-state index contributed by atoms with van der Waals surface area (Å²) in [7, 11) is 0. The van der Waals surface area contributed by atoms with Crippen molar-refractivity contribution in [3.05, 3.63) is 56.8 Å². The Labute approximate surface area is 115 Å². The molecule has 3 rings (SSSR count). The van der Waals surface area contributed by atoms with Gasteiger partial charge in [-0.25, -0.2) is 8.78 Å². The Morgan fingerprint density at radius 3 is 2.74 bits per heavy atom. The molecule has 0 bridgehead atoms. The second-order valence-electron chi connectivity index (χ2n) is 5.01. The Bertz CT molecular complexity index is 585. The molecule has 1 aliphatic rings. The first-order valence-electron chi connectivity index (χ1n) is 6.44. The molecule has 1 aromatic heterocycles. The Hall–Kier alpha value is -1.26. The summed E-state index contributed by atoms with van der Waals surface area (Å²) in [5.41, 5.74) is 8.32. The van der Waals surface area contributed by atoms with Crippen LogP contribution in [0.15, 0.2) is 24.3 Å². The average molecular weight is 279 g/mol. The highest BCUT2D eigenvalue weighted by molar-refractivity contribution is 7.12. The molecule has 1 heterocycles. The Kier molecular flexibility index (Phi) is 3.37. The fourth-order valence-corrected chi connectivity index (χ4v) is 3.81. The summed E-state index contributed by atoms with van der Waals surface area (Å²) in [6.45, 7) is 0. The van der Waals surface area contributed by atoms with Crippen LogP contribution in [0.2, 0.25) is 0 Å². The molecule has 0 aliphatic heterocycles. The van der Waals surface area contributed by atoms with Crippen LogP contribution in [0.3, 0.4) is 0 Å². The van der Waals surface area contributed by atoms with Crippen LogP contribution in [0.25, 0.3) is 0 Å². The van der Waals surface area contributed by atoms with Crippen molar-refractivity contribution in [3.63, 3.8) is 0 Å². The summed E-state index contributed by atoms with van der Waals surface area (Å²) in [4.78, 5) is 2.59. The van der Waals surface area contributed by atoms with Crippen LogP contribution in [0.5, 0.6) is 0 Å². The highest BCUT2D eigenvalue weighted by atomic mass is 32.1. The lowest BCUT2D eigenvalue weighted by Crippen LogP contribution is -2.12. The van der Waals surface area contributed by atoms with Gasteiger partial charge in [0.05, 0.1) is 0 Å². The second-order valence-corrected chi connectivity index (χ2v) is 6.18. The minimum absolute atomic E-state index is 0.138. The Balaban J connectivity index is 1.76. The van der Waals surface area contributed by atoms with Crippen LogP contribution in [0, 0.1) is 11.6 Å². The molecule has 2 N–H and O–H groups in total. The smallest absolute Gasteiger partial charge is 0.159 e. The third kappa shape index (κ3) is 2.55. The van der Waals surface area contributed by atoms with Crippen molar-refractivity contribution in [3.8, 4) is 0 Å². The quantitative estimate of drug-likeness (QED) is 0.909. The van der Waals surface area contributed by atoms with Gasteiger partial charge in [-0.1, -0.05) is 6.07 Å². The van der Waals surface area contributed by atoms with Crippen molar-refractivity contribution in [2.24, 2.45) is 5.73 Å². The van der Waals surface area contributed by atoms with E-state index in [0.29, 0.717) is 6.42 Å². The van der Waals surface area contributed by atoms with E-state index >= 15 is 0 Å². The van der Waals surface area contributed by atoms with E-state index in [-0.39, 0.29) is 6.04 Å². The van der Waals surface area contributed by atoms with E-state index in [1.807, 2.05) is 0 Å². The summed E-state index contributed by atoms with van der Waals surface area (Å²) in [6.07, 6.45) is 4.07. The van der Waals surface area contributed by atoms with Gasteiger partial charge in [-0.3, -0.25) is 0 Å². The van der Waals surface area contributed by atoms with Crippen LogP contribution >= 0.6 is 11.3 Å². The van der Waals surface area contributed by atoms with Gasteiger partial charge in [-0.05, 0) is 55.0 Å². The maximum absolute atomic E-state index is 13.2. The summed E-state index contributed by atoms with van der Waals surface area (Å²) in [6, 6.07) is 6.03. The lowest BCUT2D eigenvalue weighted by Gasteiger charge is -2.10. The molecule has 1 aliphatic carbocycles. The maximum Gasteiger partial charge on any atom is 0.159 e. The summed E-state index contributed by atoms with van der Waals surface area (Å²) in [5.74, 6) is -1.62. The molecule has 1 atom stereocenters. The third-order valence-electron chi connectivity index (χ3n) is 3.57. The number of aryl methyl sites for hydroxylation is 2. The molecular formula is C15H15F2NS. The maximum atomic E-state index is 13.2. The number of halogens is 2. The first-order chi connectivity index (χ1) is 9.13. The monoisotopic (exact) mass is 279 g/mol. The zero-order valence-corrected chi connectivity index (χ0v) is 11.3. The lowest BCUT2D eigenvalue weighted by molar-refractivity contribution is 0.506. The fourth-order valence-electron chi connectivity index (χ4n) is 2.56. The number of thiophene rings is 1. The molecule has 0 fully saturated rings. The largest absolute Gasteiger partial charge is 0.323 e. The van der Waals surface area contributed by atoms with Crippen molar-refractivity contribution in [2.45, 2.75) is 31.7 Å². The number of hydrogen-bond acceptors (Lipinski definition) is 2. The Morgan fingerprint density at radius 1 is 1.16 bits per heavy atom. The third-order valence-corrected chi connectivity index (χ3v) is 4.94. The van der Waals surface area contributed by atoms with E-state index in [1.54, 1.807) is 17.4 Å². The van der Waals surface area contributed by atoms with Gasteiger partial charge in [0.15, 0.2) is 11.6 Å². The van der Waals surface area contributed by atoms with Crippen molar-refractivity contribution in [1.82, 2.24) is 0 Å². The van der Waals surface area contributed by atoms with Crippen LogP contribution in [0.4, 0.5) is 8.78 Å². The fraction of sp³-hybridized carbons (Fsp3) is 0.333. The van der Waals surface area contributed by atoms with Gasteiger partial charge in [0, 0.05) is 15.8 Å². The van der Waals surface area contributed by atoms with Gasteiger partial charge < -0.3 is 5.73 Å². The lowest BCUT2D eigenvalue weighted by atomic mass is 10.0. The van der Waals surface area contributed by atoms with Gasteiger partial charge in [-0.15, -0.1) is 11.3 Å². The number of hydrogen-bond donors (Lipinski definition) is 1. The first kappa shape index (κ1) is 12.8. The minimum atomic E-state index is -0.813. The number of nitrogens with two attached hydrogens (primary N) is 1. The van der Waals surface area contributed by atoms with Gasteiger partial charge in [-0.2, -0.15) is 0 Å². The normalized spacial score (nSPS) is 15.5. The molecule has 19 heavy (non-hydrogen) atoms. The molecule has 0 radical (unpaired) electrons. The second kappa shape index (κ2) is 5.02. The van der Waals surface area contributed by atoms with Crippen molar-refractivity contribution >= 4 is 11.3 Å². The van der Waals surface area contributed by atoms with Gasteiger partial charge in [0.25, 0.3) is 0 Å². The average Bonchev–Trinajstić information content (AvgIpc) is 2.94. The summed E-state index contributed by atoms with van der Waals surface area (Å²) < 4.78 is 26.0. The van der Waals surface area contributed by atoms with Crippen LogP contribution in [-0.4, -0.2) is 0 Å². The van der Waals surface area contributed by atoms with Gasteiger partial charge in [0.1, 0.15) is 0 Å². The minimum Gasteiger partial charge on any atom is -0.323 e. The number of rotatable bonds is 3. The predicted octanol–water partition coefficient (Wildman–Crippen LogP) is 3.76. The number of benzene rings is 1. The van der Waals surface area contributed by atoms with Gasteiger partial charge >= 0.3 is 0 Å². The molecule has 0 saturated heterocycles. The highest BCUT2D eigenvalue weighted by Crippen LogP contribution is 2.34. The molecule has 100 valence electrons. The molecule has 0 amide bonds. The zero-order valence-electron chi connectivity index (χ0n) is 10.5. The SMILES string of the molecule is NC(Cc1ccc(F)c(F)c1)c1cc2c(s1)CCC2. The zero-order chi connectivity index (χ0) is 13.4. The summed E-state index contributed by atoms with van der Waals surface area (Å²) >= 11 is 1.76. The standard InChI is InChI=1S/C15H15F2NS/c16-11-5-4-9(6-12(11)17)7-13(18)15-8-10-2-1-3-14(10)19-15/h4-6,8,13H,1-3,7,18H2. The molecule has 1 nitrogen and oxygen atoms in total. The van der Waals surface area contributed by atoms with Crippen LogP contribution < -0.4 is 5.73 Å². The molecule has 0 saturated carbocycles. The van der Waals surface area contributed by atoms with Crippen molar-refractivity contribution < 1.29 is 8.78 Å². The van der Waals surface area contributed by atoms with E-state index in [4.69, 9.17) is 5.73 Å². The van der Waals surface area contributed by atoms with E-state index in [9.17, 15) is 8.78 Å². The van der Waals surface area contributed by atoms with E-state index in [0.717, 1.165) is 29.3 Å². The Morgan fingerprint density at radius 2 is 2.00 bits per heavy atom. The van der Waals surface area contributed by atoms with Crippen molar-refractivity contribution in [1.29, 1.82) is 0 Å². The topological polar surface area (TPSA) is 26.0 Å². The van der Waals surface area contributed by atoms with E-state index < -0.39 is 11.6 Å². The van der Waals surface area contributed by atoms with Gasteiger partial charge in [0.2, 0.25) is 0 Å². The molecule has 1 aromatic carbocycles. The van der Waals surface area contributed by atoms with Crippen LogP contribution in [-0.2, 0) is 19.3 Å². The molecule has 4 heteroatoms. The summed E-state index contributed by atoms with van der Waals surface area (Å²) in [5, 5.41) is 0. The molecular weight excluding hydrogens is 264 g/mol. The highest BCUT2D eigenvalue weighted by Gasteiger charge is 2.18.